The van der Waals surface area contributed by atoms with Gasteiger partial charge in [0.1, 0.15) is 6.10 Å². The molecule has 0 aromatic heterocycles. The Morgan fingerprint density at radius 3 is 1.88 bits per heavy atom. The largest absolute Gasteiger partial charge is 0.460 e. The van der Waals surface area contributed by atoms with E-state index in [-0.39, 0.29) is 16.9 Å². The van der Waals surface area contributed by atoms with Gasteiger partial charge in [-0.1, -0.05) is 39.3 Å². The molecule has 0 N–H and O–H groups in total. The summed E-state index contributed by atoms with van der Waals surface area (Å²) in [6.45, 7) is 13.9. The number of rotatable bonds is 4. The molecule has 1 heterocycles. The molecule has 1 rings (SSSR count). The molecular formula is C12H26O3Si2. The van der Waals surface area contributed by atoms with Gasteiger partial charge in [0.25, 0.3) is 0 Å². The minimum Gasteiger partial charge on any atom is -0.460 e. The zero-order valence-electron chi connectivity index (χ0n) is 12.2. The van der Waals surface area contributed by atoms with Crippen molar-refractivity contribution in [2.45, 2.75) is 63.1 Å². The van der Waals surface area contributed by atoms with E-state index < -0.39 is 16.1 Å². The lowest BCUT2D eigenvalue weighted by Crippen LogP contribution is -2.73. The summed E-state index contributed by atoms with van der Waals surface area (Å²) in [5.74, 6) is -0.0621. The molecule has 1 saturated heterocycles. The maximum absolute atomic E-state index is 11.4. The van der Waals surface area contributed by atoms with Gasteiger partial charge >= 0.3 is 5.97 Å². The van der Waals surface area contributed by atoms with Crippen LogP contribution in [-0.4, -0.2) is 40.2 Å². The standard InChI is InChI=1S/C12H26O3Si2/c1-14-12(16(2,3)4,17(5,6)7)10-8-9-11(13)15-10/h10H,8-9H2,1-7H3. The summed E-state index contributed by atoms with van der Waals surface area (Å²) in [6.07, 6.45) is 1.34. The predicted molar refractivity (Wildman–Crippen MR) is 75.5 cm³/mol. The van der Waals surface area contributed by atoms with Crippen molar-refractivity contribution in [1.29, 1.82) is 0 Å². The lowest BCUT2D eigenvalue weighted by atomic mass is 10.2. The van der Waals surface area contributed by atoms with E-state index in [0.29, 0.717) is 6.42 Å². The second kappa shape index (κ2) is 4.51. The molecule has 1 aliphatic heterocycles. The first-order chi connectivity index (χ1) is 7.56. The van der Waals surface area contributed by atoms with Crippen LogP contribution >= 0.6 is 0 Å². The molecule has 100 valence electrons. The van der Waals surface area contributed by atoms with Crippen LogP contribution in [0.1, 0.15) is 12.8 Å². The Morgan fingerprint density at radius 2 is 1.65 bits per heavy atom. The van der Waals surface area contributed by atoms with Crippen molar-refractivity contribution in [2.75, 3.05) is 7.11 Å². The maximum Gasteiger partial charge on any atom is 0.306 e. The SMILES string of the molecule is COC(C1CCC(=O)O1)([Si](C)(C)C)[Si](C)(C)C. The van der Waals surface area contributed by atoms with Crippen molar-refractivity contribution in [3.05, 3.63) is 0 Å². The number of hydrogen-bond donors (Lipinski definition) is 0. The smallest absolute Gasteiger partial charge is 0.306 e. The summed E-state index contributed by atoms with van der Waals surface area (Å²) in [5.41, 5.74) is 0. The third-order valence-corrected chi connectivity index (χ3v) is 13.9. The van der Waals surface area contributed by atoms with Gasteiger partial charge in [0.2, 0.25) is 0 Å². The van der Waals surface area contributed by atoms with Crippen LogP contribution in [0.2, 0.25) is 39.3 Å². The lowest BCUT2D eigenvalue weighted by molar-refractivity contribution is -0.145. The van der Waals surface area contributed by atoms with Crippen LogP contribution in [-0.2, 0) is 14.3 Å². The second-order valence-electron chi connectivity index (χ2n) is 6.96. The molecule has 1 fully saturated rings. The number of cyclic esters (lactones) is 1. The molecule has 0 aromatic carbocycles. The van der Waals surface area contributed by atoms with Gasteiger partial charge in [-0.3, -0.25) is 4.79 Å². The normalized spacial score (nSPS) is 22.8. The quantitative estimate of drug-likeness (QED) is 0.584. The fourth-order valence-corrected chi connectivity index (χ4v) is 16.2. The van der Waals surface area contributed by atoms with Gasteiger partial charge in [-0.25, -0.2) is 0 Å². The van der Waals surface area contributed by atoms with Gasteiger partial charge in [-0.15, -0.1) is 0 Å². The number of carbonyl (C=O) groups is 1. The molecule has 0 amide bonds. The number of esters is 1. The van der Waals surface area contributed by atoms with E-state index in [1.54, 1.807) is 7.11 Å². The Hall–Kier alpha value is -0.136. The van der Waals surface area contributed by atoms with Gasteiger partial charge in [-0.05, 0) is 6.42 Å². The molecule has 1 atom stereocenters. The molecular weight excluding hydrogens is 248 g/mol. The fraction of sp³-hybridized carbons (Fsp3) is 0.917. The molecule has 3 nitrogen and oxygen atoms in total. The van der Waals surface area contributed by atoms with Crippen LogP contribution in [0.25, 0.3) is 0 Å². The van der Waals surface area contributed by atoms with Crippen molar-refractivity contribution >= 4 is 22.1 Å². The van der Waals surface area contributed by atoms with E-state index in [4.69, 9.17) is 9.47 Å². The highest BCUT2D eigenvalue weighted by Crippen LogP contribution is 2.42. The van der Waals surface area contributed by atoms with E-state index in [1.165, 1.54) is 0 Å². The Morgan fingerprint density at radius 1 is 1.18 bits per heavy atom. The van der Waals surface area contributed by atoms with Crippen molar-refractivity contribution < 1.29 is 14.3 Å². The molecule has 0 radical (unpaired) electrons. The van der Waals surface area contributed by atoms with Gasteiger partial charge in [0.05, 0.1) is 21.0 Å². The summed E-state index contributed by atoms with van der Waals surface area (Å²) in [5, 5.41) is 0. The topological polar surface area (TPSA) is 35.5 Å². The Labute approximate surface area is 107 Å². The predicted octanol–water partition coefficient (Wildman–Crippen LogP) is 2.83. The third-order valence-electron chi connectivity index (χ3n) is 3.89. The molecule has 1 aliphatic rings. The average Bonchev–Trinajstić information content (AvgIpc) is 2.48. The summed E-state index contributed by atoms with van der Waals surface area (Å²) >= 11 is 0. The number of hydrogen-bond acceptors (Lipinski definition) is 3. The molecule has 0 aromatic rings. The zero-order chi connectivity index (χ0) is 13.5. The van der Waals surface area contributed by atoms with E-state index in [0.717, 1.165) is 6.42 Å². The minimum atomic E-state index is -1.60. The van der Waals surface area contributed by atoms with E-state index in [9.17, 15) is 4.79 Å². The molecule has 0 bridgehead atoms. The molecule has 1 unspecified atom stereocenters. The van der Waals surface area contributed by atoms with Gasteiger partial charge in [-0.2, -0.15) is 0 Å². The van der Waals surface area contributed by atoms with Gasteiger partial charge in [0, 0.05) is 13.5 Å². The van der Waals surface area contributed by atoms with Gasteiger partial charge < -0.3 is 9.47 Å². The van der Waals surface area contributed by atoms with Crippen molar-refractivity contribution in [3.8, 4) is 0 Å². The Balaban J connectivity index is 3.22. The monoisotopic (exact) mass is 274 g/mol. The second-order valence-corrected chi connectivity index (χ2v) is 17.9. The maximum atomic E-state index is 11.4. The van der Waals surface area contributed by atoms with E-state index in [2.05, 4.69) is 39.3 Å². The molecule has 0 saturated carbocycles. The number of carbonyl (C=O) groups excluding carboxylic acids is 1. The first-order valence-corrected chi connectivity index (χ1v) is 13.3. The number of methoxy groups -OCH3 is 1. The van der Waals surface area contributed by atoms with Crippen molar-refractivity contribution in [3.63, 3.8) is 0 Å². The van der Waals surface area contributed by atoms with Gasteiger partial charge in [0.15, 0.2) is 0 Å². The lowest BCUT2D eigenvalue weighted by Gasteiger charge is -2.53. The summed E-state index contributed by atoms with van der Waals surface area (Å²) < 4.78 is 11.6. The van der Waals surface area contributed by atoms with Crippen molar-refractivity contribution in [1.82, 2.24) is 0 Å². The highest BCUT2D eigenvalue weighted by atomic mass is 28.4. The first-order valence-electron chi connectivity index (χ1n) is 6.31. The molecule has 0 aliphatic carbocycles. The van der Waals surface area contributed by atoms with E-state index >= 15 is 0 Å². The fourth-order valence-electron chi connectivity index (χ4n) is 3.65. The molecule has 0 spiro atoms. The number of ether oxygens (including phenoxy) is 2. The summed E-state index contributed by atoms with van der Waals surface area (Å²) in [7, 11) is -1.42. The van der Waals surface area contributed by atoms with Crippen molar-refractivity contribution in [2.24, 2.45) is 0 Å². The summed E-state index contributed by atoms with van der Waals surface area (Å²) in [4.78, 5) is 11.2. The summed E-state index contributed by atoms with van der Waals surface area (Å²) in [6, 6.07) is 0. The highest BCUT2D eigenvalue weighted by Gasteiger charge is 2.60. The Bertz CT molecular complexity index is 288. The van der Waals surface area contributed by atoms with Crippen LogP contribution in [0.4, 0.5) is 0 Å². The van der Waals surface area contributed by atoms with Crippen LogP contribution in [0.15, 0.2) is 0 Å². The minimum absolute atomic E-state index is 0.0293. The average molecular weight is 275 g/mol. The van der Waals surface area contributed by atoms with Crippen LogP contribution in [0.3, 0.4) is 0 Å². The van der Waals surface area contributed by atoms with E-state index in [1.807, 2.05) is 0 Å². The van der Waals surface area contributed by atoms with Crippen LogP contribution in [0.5, 0.6) is 0 Å². The molecule has 17 heavy (non-hydrogen) atoms. The highest BCUT2D eigenvalue weighted by molar-refractivity contribution is 6.98. The Kier molecular flexibility index (Phi) is 3.96. The zero-order valence-corrected chi connectivity index (χ0v) is 14.2. The molecule has 5 heteroatoms. The third kappa shape index (κ3) is 2.37. The van der Waals surface area contributed by atoms with Crippen LogP contribution < -0.4 is 0 Å². The van der Waals surface area contributed by atoms with Crippen LogP contribution in [0, 0.1) is 0 Å². The first kappa shape index (κ1) is 14.9.